The highest BCUT2D eigenvalue weighted by atomic mass is 35.5. The fourth-order valence-electron chi connectivity index (χ4n) is 2.21. The van der Waals surface area contributed by atoms with Crippen molar-refractivity contribution in [2.75, 3.05) is 5.32 Å². The van der Waals surface area contributed by atoms with Gasteiger partial charge in [-0.3, -0.25) is 30.3 Å². The predicted octanol–water partition coefficient (Wildman–Crippen LogP) is 4.53. The van der Waals surface area contributed by atoms with Gasteiger partial charge in [-0.1, -0.05) is 23.7 Å². The van der Waals surface area contributed by atoms with Crippen molar-refractivity contribution in [1.82, 2.24) is 4.98 Å². The van der Waals surface area contributed by atoms with Crippen molar-refractivity contribution in [3.63, 3.8) is 0 Å². The third-order valence-electron chi connectivity index (χ3n) is 3.49. The molecule has 1 amide bonds. The topological polar surface area (TPSA) is 128 Å². The van der Waals surface area contributed by atoms with Crippen molar-refractivity contribution in [3.8, 4) is 11.3 Å². The zero-order valence-corrected chi connectivity index (χ0v) is 14.9. The molecule has 0 aliphatic heterocycles. The number of nitro benzene ring substituents is 2. The number of nitrogens with one attached hydrogen (secondary N) is 1. The Labute approximate surface area is 160 Å². The summed E-state index contributed by atoms with van der Waals surface area (Å²) >= 11 is 7.07. The summed E-state index contributed by atoms with van der Waals surface area (Å²) in [7, 11) is 0. The molecule has 0 aliphatic carbocycles. The average molecular weight is 405 g/mol. The number of non-ortho nitro benzene ring substituents is 2. The lowest BCUT2D eigenvalue weighted by Crippen LogP contribution is -2.12. The first kappa shape index (κ1) is 18.4. The van der Waals surface area contributed by atoms with Gasteiger partial charge < -0.3 is 0 Å². The van der Waals surface area contributed by atoms with Crippen molar-refractivity contribution < 1.29 is 14.6 Å². The van der Waals surface area contributed by atoms with Crippen molar-refractivity contribution >= 4 is 45.4 Å². The van der Waals surface area contributed by atoms with Crippen LogP contribution >= 0.6 is 22.9 Å². The molecule has 0 spiro atoms. The first-order valence-corrected chi connectivity index (χ1v) is 8.56. The van der Waals surface area contributed by atoms with E-state index in [1.807, 2.05) is 0 Å². The second-order valence-corrected chi connectivity index (χ2v) is 6.49. The van der Waals surface area contributed by atoms with Crippen LogP contribution in [0.5, 0.6) is 0 Å². The van der Waals surface area contributed by atoms with Gasteiger partial charge in [0.1, 0.15) is 0 Å². The summed E-state index contributed by atoms with van der Waals surface area (Å²) in [6.07, 6.45) is 0. The molecule has 1 heterocycles. The first-order valence-electron chi connectivity index (χ1n) is 7.31. The van der Waals surface area contributed by atoms with E-state index in [1.165, 1.54) is 24.3 Å². The molecule has 0 fully saturated rings. The SMILES string of the molecule is O=C(Nc1nc(-c2cccc([N+](=O)[O-])c2)cs1)c1ccc([N+](=O)[O-])cc1Cl. The van der Waals surface area contributed by atoms with Crippen LogP contribution in [-0.2, 0) is 0 Å². The second kappa shape index (κ2) is 7.48. The molecule has 0 aliphatic rings. The lowest BCUT2D eigenvalue weighted by molar-refractivity contribution is -0.385. The maximum atomic E-state index is 12.3. The lowest BCUT2D eigenvalue weighted by Gasteiger charge is -2.04. The van der Waals surface area contributed by atoms with Crippen LogP contribution in [0, 0.1) is 20.2 Å². The number of rotatable bonds is 5. The lowest BCUT2D eigenvalue weighted by atomic mass is 10.1. The number of nitro groups is 2. The van der Waals surface area contributed by atoms with E-state index in [0.29, 0.717) is 11.3 Å². The summed E-state index contributed by atoms with van der Waals surface area (Å²) in [5.41, 5.74) is 0.778. The molecule has 1 aromatic heterocycles. The van der Waals surface area contributed by atoms with E-state index in [-0.39, 0.29) is 27.1 Å². The van der Waals surface area contributed by atoms with Crippen molar-refractivity contribution in [1.29, 1.82) is 0 Å². The van der Waals surface area contributed by atoms with E-state index >= 15 is 0 Å². The highest BCUT2D eigenvalue weighted by Gasteiger charge is 2.17. The number of hydrogen-bond donors (Lipinski definition) is 1. The van der Waals surface area contributed by atoms with E-state index in [2.05, 4.69) is 10.3 Å². The van der Waals surface area contributed by atoms with Gasteiger partial charge in [-0.05, 0) is 6.07 Å². The van der Waals surface area contributed by atoms with E-state index in [0.717, 1.165) is 17.4 Å². The van der Waals surface area contributed by atoms with Crippen LogP contribution in [0.2, 0.25) is 5.02 Å². The molecule has 2 aromatic carbocycles. The number of carbonyl (C=O) groups is 1. The number of aromatic nitrogens is 1. The molecule has 0 radical (unpaired) electrons. The monoisotopic (exact) mass is 404 g/mol. The molecule has 0 atom stereocenters. The van der Waals surface area contributed by atoms with Gasteiger partial charge in [-0.25, -0.2) is 4.98 Å². The Morgan fingerprint density at radius 3 is 2.44 bits per heavy atom. The minimum atomic E-state index is -0.611. The van der Waals surface area contributed by atoms with Gasteiger partial charge in [0.2, 0.25) is 0 Å². The number of carbonyl (C=O) groups excluding carboxylic acids is 1. The van der Waals surface area contributed by atoms with Gasteiger partial charge in [0, 0.05) is 35.2 Å². The Bertz CT molecular complexity index is 1070. The number of anilines is 1. The zero-order valence-electron chi connectivity index (χ0n) is 13.3. The van der Waals surface area contributed by atoms with Gasteiger partial charge in [0.05, 0.1) is 26.1 Å². The summed E-state index contributed by atoms with van der Waals surface area (Å²) in [4.78, 5) is 37.0. The Hall–Kier alpha value is -3.37. The number of amides is 1. The van der Waals surface area contributed by atoms with Gasteiger partial charge in [0.15, 0.2) is 5.13 Å². The number of hydrogen-bond acceptors (Lipinski definition) is 7. The smallest absolute Gasteiger partial charge is 0.270 e. The molecule has 136 valence electrons. The molecule has 1 N–H and O–H groups in total. The van der Waals surface area contributed by atoms with Crippen LogP contribution in [0.4, 0.5) is 16.5 Å². The summed E-state index contributed by atoms with van der Waals surface area (Å²) in [5, 5.41) is 26.0. The largest absolute Gasteiger partial charge is 0.298 e. The third-order valence-corrected chi connectivity index (χ3v) is 4.56. The quantitative estimate of drug-likeness (QED) is 0.491. The molecule has 11 heteroatoms. The first-order chi connectivity index (χ1) is 12.8. The number of halogens is 1. The summed E-state index contributed by atoms with van der Waals surface area (Å²) in [6, 6.07) is 9.49. The highest BCUT2D eigenvalue weighted by molar-refractivity contribution is 7.14. The van der Waals surface area contributed by atoms with Crippen LogP contribution in [0.3, 0.4) is 0 Å². The molecule has 0 unspecified atom stereocenters. The number of benzene rings is 2. The van der Waals surface area contributed by atoms with E-state index in [9.17, 15) is 25.0 Å². The van der Waals surface area contributed by atoms with Crippen LogP contribution < -0.4 is 5.32 Å². The van der Waals surface area contributed by atoms with Crippen LogP contribution in [0.1, 0.15) is 10.4 Å². The van der Waals surface area contributed by atoms with Gasteiger partial charge in [-0.2, -0.15) is 0 Å². The Morgan fingerprint density at radius 2 is 1.78 bits per heavy atom. The van der Waals surface area contributed by atoms with Gasteiger partial charge in [-0.15, -0.1) is 11.3 Å². The fraction of sp³-hybridized carbons (Fsp3) is 0. The predicted molar refractivity (Wildman–Crippen MR) is 100 cm³/mol. The van der Waals surface area contributed by atoms with Crippen LogP contribution in [-0.4, -0.2) is 20.7 Å². The van der Waals surface area contributed by atoms with Gasteiger partial charge >= 0.3 is 0 Å². The van der Waals surface area contributed by atoms with E-state index < -0.39 is 15.8 Å². The Morgan fingerprint density at radius 1 is 1.07 bits per heavy atom. The van der Waals surface area contributed by atoms with Gasteiger partial charge in [0.25, 0.3) is 17.3 Å². The Kier molecular flexibility index (Phi) is 5.10. The molecule has 9 nitrogen and oxygen atoms in total. The standard InChI is InChI=1S/C16H9ClN4O5S/c17-13-7-11(21(25)26)4-5-12(13)15(22)19-16-18-14(8-27-16)9-2-1-3-10(6-9)20(23)24/h1-8H,(H,18,19,22). The zero-order chi connectivity index (χ0) is 19.6. The Balaban J connectivity index is 1.80. The molecule has 0 saturated carbocycles. The van der Waals surface area contributed by atoms with E-state index in [4.69, 9.17) is 11.6 Å². The van der Waals surface area contributed by atoms with Crippen LogP contribution in [0.25, 0.3) is 11.3 Å². The minimum Gasteiger partial charge on any atom is -0.298 e. The van der Waals surface area contributed by atoms with Crippen LogP contribution in [0.15, 0.2) is 47.8 Å². The highest BCUT2D eigenvalue weighted by Crippen LogP contribution is 2.28. The minimum absolute atomic E-state index is 0.0582. The summed E-state index contributed by atoms with van der Waals surface area (Å²) in [6.45, 7) is 0. The third kappa shape index (κ3) is 4.07. The maximum absolute atomic E-state index is 12.3. The molecule has 3 aromatic rings. The van der Waals surface area contributed by atoms with Crippen molar-refractivity contribution in [3.05, 3.63) is 78.7 Å². The molecule has 0 saturated heterocycles. The average Bonchev–Trinajstić information content (AvgIpc) is 3.10. The molecule has 27 heavy (non-hydrogen) atoms. The fourth-order valence-corrected chi connectivity index (χ4v) is 3.18. The van der Waals surface area contributed by atoms with E-state index in [1.54, 1.807) is 17.5 Å². The normalized spacial score (nSPS) is 10.4. The number of nitrogens with zero attached hydrogens (tertiary/aromatic N) is 3. The number of thiazole rings is 1. The second-order valence-electron chi connectivity index (χ2n) is 5.22. The summed E-state index contributed by atoms with van der Waals surface area (Å²) in [5.74, 6) is -0.574. The summed E-state index contributed by atoms with van der Waals surface area (Å²) < 4.78 is 0. The molecular weight excluding hydrogens is 396 g/mol. The molecule has 0 bridgehead atoms. The molecular formula is C16H9ClN4O5S. The van der Waals surface area contributed by atoms with Crippen molar-refractivity contribution in [2.45, 2.75) is 0 Å². The molecule has 3 rings (SSSR count). The maximum Gasteiger partial charge on any atom is 0.270 e. The van der Waals surface area contributed by atoms with Crippen molar-refractivity contribution in [2.24, 2.45) is 0 Å².